The van der Waals surface area contributed by atoms with Crippen molar-refractivity contribution >= 4 is 18.4 Å². The van der Waals surface area contributed by atoms with Crippen molar-refractivity contribution in [2.45, 2.75) is 39.7 Å². The second-order valence-electron chi connectivity index (χ2n) is 5.07. The summed E-state index contributed by atoms with van der Waals surface area (Å²) in [7, 11) is 1.68. The molecule has 0 radical (unpaired) electrons. The van der Waals surface area contributed by atoms with Gasteiger partial charge in [0.1, 0.15) is 5.75 Å². The first kappa shape index (κ1) is 17.4. The van der Waals surface area contributed by atoms with E-state index < -0.39 is 0 Å². The zero-order valence-electron chi connectivity index (χ0n) is 12.9. The summed E-state index contributed by atoms with van der Waals surface area (Å²) >= 11 is 0. The maximum absolute atomic E-state index is 5.99. The molecular weight excluding hydrogens is 286 g/mol. The number of nitrogens with two attached hydrogens (primary N) is 1. The lowest BCUT2D eigenvalue weighted by Gasteiger charge is -2.05. The largest absolute Gasteiger partial charge is 0.497 e. The third kappa shape index (κ3) is 4.14. The Hall–Kier alpha value is -1.68. The van der Waals surface area contributed by atoms with Crippen LogP contribution in [0.5, 0.6) is 5.75 Å². The molecule has 0 spiro atoms. The second-order valence-corrected chi connectivity index (χ2v) is 5.07. The van der Waals surface area contributed by atoms with Crippen molar-refractivity contribution in [1.29, 1.82) is 0 Å². The van der Waals surface area contributed by atoms with E-state index in [0.717, 1.165) is 35.5 Å². The summed E-state index contributed by atoms with van der Waals surface area (Å²) in [5, 5.41) is 0. The van der Waals surface area contributed by atoms with Crippen LogP contribution < -0.4 is 10.5 Å². The van der Waals surface area contributed by atoms with E-state index in [0.29, 0.717) is 5.95 Å². The SMILES string of the molecule is CCCCCn1cc(-c2ccc(OC)cc2C)nc1N.Cl. The summed E-state index contributed by atoms with van der Waals surface area (Å²) in [5.41, 5.74) is 9.17. The molecule has 0 aliphatic heterocycles. The van der Waals surface area contributed by atoms with E-state index in [9.17, 15) is 0 Å². The zero-order chi connectivity index (χ0) is 14.5. The summed E-state index contributed by atoms with van der Waals surface area (Å²) in [6.07, 6.45) is 5.60. The summed E-state index contributed by atoms with van der Waals surface area (Å²) in [5.74, 6) is 1.45. The highest BCUT2D eigenvalue weighted by atomic mass is 35.5. The number of methoxy groups -OCH3 is 1. The van der Waals surface area contributed by atoms with Crippen LogP contribution in [0.1, 0.15) is 31.7 Å². The molecule has 0 atom stereocenters. The highest BCUT2D eigenvalue weighted by Gasteiger charge is 2.09. The van der Waals surface area contributed by atoms with Crippen molar-refractivity contribution < 1.29 is 4.74 Å². The number of imidazole rings is 1. The number of anilines is 1. The van der Waals surface area contributed by atoms with Gasteiger partial charge in [-0.25, -0.2) is 4.98 Å². The number of aromatic nitrogens is 2. The lowest BCUT2D eigenvalue weighted by atomic mass is 10.1. The lowest BCUT2D eigenvalue weighted by Crippen LogP contribution is -2.02. The van der Waals surface area contributed by atoms with Crippen LogP contribution in [0.2, 0.25) is 0 Å². The Morgan fingerprint density at radius 2 is 2.05 bits per heavy atom. The van der Waals surface area contributed by atoms with E-state index in [2.05, 4.69) is 18.8 Å². The van der Waals surface area contributed by atoms with E-state index >= 15 is 0 Å². The highest BCUT2D eigenvalue weighted by molar-refractivity contribution is 5.85. The van der Waals surface area contributed by atoms with Crippen LogP contribution in [0.25, 0.3) is 11.3 Å². The molecule has 0 aliphatic rings. The Morgan fingerprint density at radius 3 is 2.67 bits per heavy atom. The minimum atomic E-state index is 0. The van der Waals surface area contributed by atoms with E-state index in [4.69, 9.17) is 10.5 Å². The molecule has 1 aromatic heterocycles. The van der Waals surface area contributed by atoms with Gasteiger partial charge in [0.25, 0.3) is 0 Å². The summed E-state index contributed by atoms with van der Waals surface area (Å²) in [4.78, 5) is 4.48. The third-order valence-corrected chi connectivity index (χ3v) is 3.52. The molecule has 2 N–H and O–H groups in total. The van der Waals surface area contributed by atoms with Crippen LogP contribution >= 0.6 is 12.4 Å². The Bertz CT molecular complexity index is 581. The van der Waals surface area contributed by atoms with E-state index in [1.54, 1.807) is 7.11 Å². The molecule has 0 bridgehead atoms. The van der Waals surface area contributed by atoms with Crippen LogP contribution in [-0.2, 0) is 6.54 Å². The van der Waals surface area contributed by atoms with Crippen LogP contribution in [0.4, 0.5) is 5.95 Å². The minimum absolute atomic E-state index is 0. The molecule has 116 valence electrons. The molecule has 4 nitrogen and oxygen atoms in total. The number of hydrogen-bond acceptors (Lipinski definition) is 3. The number of unbranched alkanes of at least 4 members (excludes halogenated alkanes) is 2. The standard InChI is InChI=1S/C16H23N3O.ClH/c1-4-5-6-9-19-11-15(18-16(19)17)14-8-7-13(20-3)10-12(14)2;/h7-8,10-11H,4-6,9H2,1-3H3,(H2,17,18);1H. The number of nitrogens with zero attached hydrogens (tertiary/aromatic N) is 2. The van der Waals surface area contributed by atoms with Gasteiger partial charge in [0.05, 0.1) is 12.8 Å². The van der Waals surface area contributed by atoms with Gasteiger partial charge in [-0.05, 0) is 37.1 Å². The van der Waals surface area contributed by atoms with Crippen molar-refractivity contribution in [3.63, 3.8) is 0 Å². The highest BCUT2D eigenvalue weighted by Crippen LogP contribution is 2.27. The molecule has 0 aliphatic carbocycles. The molecule has 1 heterocycles. The molecule has 0 fully saturated rings. The first-order valence-corrected chi connectivity index (χ1v) is 7.13. The van der Waals surface area contributed by atoms with Crippen LogP contribution in [0.15, 0.2) is 24.4 Å². The maximum atomic E-state index is 5.99. The molecular formula is C16H24ClN3O. The van der Waals surface area contributed by atoms with Gasteiger partial charge >= 0.3 is 0 Å². The number of halogens is 1. The summed E-state index contributed by atoms with van der Waals surface area (Å²) in [6, 6.07) is 6.00. The lowest BCUT2D eigenvalue weighted by molar-refractivity contribution is 0.414. The molecule has 0 amide bonds. The van der Waals surface area contributed by atoms with Gasteiger partial charge < -0.3 is 15.0 Å². The molecule has 0 unspecified atom stereocenters. The average molecular weight is 310 g/mol. The fraction of sp³-hybridized carbons (Fsp3) is 0.438. The van der Waals surface area contributed by atoms with Gasteiger partial charge in [0.15, 0.2) is 0 Å². The van der Waals surface area contributed by atoms with Crippen molar-refractivity contribution in [2.75, 3.05) is 12.8 Å². The quantitative estimate of drug-likeness (QED) is 0.819. The molecule has 1 aromatic carbocycles. The smallest absolute Gasteiger partial charge is 0.200 e. The van der Waals surface area contributed by atoms with E-state index in [1.165, 1.54) is 12.8 Å². The Balaban J connectivity index is 0.00000220. The Kier molecular flexibility index (Phi) is 6.56. The number of hydrogen-bond donors (Lipinski definition) is 1. The van der Waals surface area contributed by atoms with Gasteiger partial charge in [-0.1, -0.05) is 19.8 Å². The fourth-order valence-electron chi connectivity index (χ4n) is 2.32. The summed E-state index contributed by atoms with van der Waals surface area (Å²) in [6.45, 7) is 5.19. The maximum Gasteiger partial charge on any atom is 0.200 e. The molecule has 0 saturated carbocycles. The average Bonchev–Trinajstić information content (AvgIpc) is 2.80. The molecule has 2 rings (SSSR count). The van der Waals surface area contributed by atoms with Gasteiger partial charge in [0.2, 0.25) is 5.95 Å². The van der Waals surface area contributed by atoms with Gasteiger partial charge in [-0.15, -0.1) is 12.4 Å². The number of aryl methyl sites for hydroxylation is 2. The van der Waals surface area contributed by atoms with Crippen molar-refractivity contribution in [3.8, 4) is 17.0 Å². The predicted molar refractivity (Wildman–Crippen MR) is 90.1 cm³/mol. The van der Waals surface area contributed by atoms with Gasteiger partial charge in [-0.3, -0.25) is 0 Å². The van der Waals surface area contributed by atoms with Crippen molar-refractivity contribution in [2.24, 2.45) is 0 Å². The predicted octanol–water partition coefficient (Wildman–Crippen LogP) is 4.06. The minimum Gasteiger partial charge on any atom is -0.497 e. The summed E-state index contributed by atoms with van der Waals surface area (Å²) < 4.78 is 7.27. The van der Waals surface area contributed by atoms with Crippen molar-refractivity contribution in [1.82, 2.24) is 9.55 Å². The van der Waals surface area contributed by atoms with E-state index in [1.807, 2.05) is 29.0 Å². The monoisotopic (exact) mass is 309 g/mol. The number of nitrogen functional groups attached to an aromatic ring is 1. The molecule has 5 heteroatoms. The van der Waals surface area contributed by atoms with Crippen molar-refractivity contribution in [3.05, 3.63) is 30.0 Å². The Morgan fingerprint density at radius 1 is 1.29 bits per heavy atom. The van der Waals surface area contributed by atoms with Gasteiger partial charge in [-0.2, -0.15) is 0 Å². The van der Waals surface area contributed by atoms with E-state index in [-0.39, 0.29) is 12.4 Å². The number of ether oxygens (including phenoxy) is 1. The first-order valence-electron chi connectivity index (χ1n) is 7.13. The first-order chi connectivity index (χ1) is 9.65. The Labute approximate surface area is 132 Å². The van der Waals surface area contributed by atoms with Crippen LogP contribution in [0.3, 0.4) is 0 Å². The normalized spacial score (nSPS) is 10.2. The molecule has 2 aromatic rings. The molecule has 21 heavy (non-hydrogen) atoms. The number of rotatable bonds is 6. The van der Waals surface area contributed by atoms with Crippen LogP contribution in [0, 0.1) is 6.92 Å². The fourth-order valence-corrected chi connectivity index (χ4v) is 2.32. The van der Waals surface area contributed by atoms with Gasteiger partial charge in [0, 0.05) is 18.3 Å². The molecule has 0 saturated heterocycles. The topological polar surface area (TPSA) is 53.1 Å². The second kappa shape index (κ2) is 7.93. The zero-order valence-corrected chi connectivity index (χ0v) is 13.7. The number of benzene rings is 1. The third-order valence-electron chi connectivity index (χ3n) is 3.52. The van der Waals surface area contributed by atoms with Crippen LogP contribution in [-0.4, -0.2) is 16.7 Å².